The predicted octanol–water partition coefficient (Wildman–Crippen LogP) is 2.12. The number of aliphatic hydroxyl groups excluding tert-OH is 1. The topological polar surface area (TPSA) is 29.5 Å². The molecule has 0 aromatic heterocycles. The van der Waals surface area contributed by atoms with E-state index in [1.54, 1.807) is 0 Å². The highest BCUT2D eigenvalue weighted by molar-refractivity contribution is 4.76. The van der Waals surface area contributed by atoms with Crippen molar-refractivity contribution in [1.82, 2.24) is 0 Å². The lowest BCUT2D eigenvalue weighted by Gasteiger charge is -2.11. The summed E-state index contributed by atoms with van der Waals surface area (Å²) in [5.41, 5.74) is 0. The van der Waals surface area contributed by atoms with Crippen molar-refractivity contribution in [2.24, 2.45) is 5.92 Å². The molecule has 1 rings (SSSR count). The first-order valence-corrected chi connectivity index (χ1v) is 4.80. The lowest BCUT2D eigenvalue weighted by molar-refractivity contribution is -0.175. The third kappa shape index (κ3) is 6.21. The number of aliphatic hydroxyl groups is 1. The maximum absolute atomic E-state index is 11.6. The third-order valence-corrected chi connectivity index (χ3v) is 2.16. The monoisotopic (exact) mass is 212 g/mol. The second-order valence-corrected chi connectivity index (χ2v) is 3.79. The summed E-state index contributed by atoms with van der Waals surface area (Å²) in [7, 11) is 0. The molecule has 1 atom stereocenters. The number of alkyl halides is 3. The van der Waals surface area contributed by atoms with E-state index in [4.69, 9.17) is 0 Å². The number of rotatable bonds is 6. The standard InChI is InChI=1S/C9H15F3O2/c10-9(11,12)6-14-4-3-8(13)5-7-1-2-7/h7-8,13H,1-6H2. The van der Waals surface area contributed by atoms with Gasteiger partial charge in [-0.3, -0.25) is 0 Å². The molecule has 1 fully saturated rings. The van der Waals surface area contributed by atoms with Gasteiger partial charge in [-0.05, 0) is 18.8 Å². The minimum absolute atomic E-state index is 0.0204. The summed E-state index contributed by atoms with van der Waals surface area (Å²) in [6.07, 6.45) is -1.49. The fourth-order valence-electron chi connectivity index (χ4n) is 1.26. The van der Waals surface area contributed by atoms with Gasteiger partial charge in [0.1, 0.15) is 6.61 Å². The van der Waals surface area contributed by atoms with Crippen LogP contribution in [-0.4, -0.2) is 30.6 Å². The molecule has 0 saturated heterocycles. The Balaban J connectivity index is 1.91. The highest BCUT2D eigenvalue weighted by Crippen LogP contribution is 2.33. The van der Waals surface area contributed by atoms with Crippen LogP contribution in [0.4, 0.5) is 13.2 Å². The normalized spacial score (nSPS) is 19.7. The Bertz CT molecular complexity index is 166. The molecule has 0 aromatic rings. The zero-order valence-electron chi connectivity index (χ0n) is 7.89. The van der Waals surface area contributed by atoms with Crippen LogP contribution in [0.15, 0.2) is 0 Å². The summed E-state index contributed by atoms with van der Waals surface area (Å²) in [6, 6.07) is 0. The number of hydrogen-bond acceptors (Lipinski definition) is 2. The lowest BCUT2D eigenvalue weighted by atomic mass is 10.1. The van der Waals surface area contributed by atoms with Gasteiger partial charge in [-0.1, -0.05) is 12.8 Å². The second-order valence-electron chi connectivity index (χ2n) is 3.79. The van der Waals surface area contributed by atoms with Crippen LogP contribution in [0.3, 0.4) is 0 Å². The van der Waals surface area contributed by atoms with Gasteiger partial charge in [0, 0.05) is 6.61 Å². The van der Waals surface area contributed by atoms with Gasteiger partial charge in [-0.25, -0.2) is 0 Å². The van der Waals surface area contributed by atoms with Crippen molar-refractivity contribution in [3.63, 3.8) is 0 Å². The molecular weight excluding hydrogens is 197 g/mol. The van der Waals surface area contributed by atoms with E-state index in [2.05, 4.69) is 4.74 Å². The van der Waals surface area contributed by atoms with Crippen molar-refractivity contribution in [2.75, 3.05) is 13.2 Å². The first-order chi connectivity index (χ1) is 6.47. The minimum atomic E-state index is -4.26. The Morgan fingerprint density at radius 3 is 2.50 bits per heavy atom. The van der Waals surface area contributed by atoms with Gasteiger partial charge >= 0.3 is 6.18 Å². The van der Waals surface area contributed by atoms with E-state index in [9.17, 15) is 18.3 Å². The van der Waals surface area contributed by atoms with Crippen molar-refractivity contribution >= 4 is 0 Å². The second kappa shape index (κ2) is 4.98. The molecule has 0 amide bonds. The van der Waals surface area contributed by atoms with Crippen LogP contribution in [-0.2, 0) is 4.74 Å². The highest BCUT2D eigenvalue weighted by atomic mass is 19.4. The molecule has 14 heavy (non-hydrogen) atoms. The Kier molecular flexibility index (Phi) is 4.19. The average molecular weight is 212 g/mol. The van der Waals surface area contributed by atoms with E-state index in [0.29, 0.717) is 18.8 Å². The van der Waals surface area contributed by atoms with E-state index >= 15 is 0 Å². The quantitative estimate of drug-likeness (QED) is 0.683. The van der Waals surface area contributed by atoms with Crippen LogP contribution < -0.4 is 0 Å². The molecule has 0 spiro atoms. The molecular formula is C9H15F3O2. The summed E-state index contributed by atoms with van der Waals surface area (Å²) in [4.78, 5) is 0. The van der Waals surface area contributed by atoms with Gasteiger partial charge in [0.05, 0.1) is 6.10 Å². The summed E-state index contributed by atoms with van der Waals surface area (Å²) < 4.78 is 39.2. The maximum Gasteiger partial charge on any atom is 0.411 e. The Hall–Kier alpha value is -0.290. The van der Waals surface area contributed by atoms with E-state index in [1.165, 1.54) is 0 Å². The molecule has 0 aliphatic heterocycles. The molecule has 84 valence electrons. The van der Waals surface area contributed by atoms with E-state index in [0.717, 1.165) is 12.8 Å². The maximum atomic E-state index is 11.6. The molecule has 1 aliphatic rings. The van der Waals surface area contributed by atoms with Crippen LogP contribution in [0.2, 0.25) is 0 Å². The Labute approximate surface area is 81.1 Å². The lowest BCUT2D eigenvalue weighted by Crippen LogP contribution is -2.19. The zero-order chi connectivity index (χ0) is 10.6. The Morgan fingerprint density at radius 1 is 1.36 bits per heavy atom. The first kappa shape index (κ1) is 11.8. The van der Waals surface area contributed by atoms with Crippen LogP contribution in [0.5, 0.6) is 0 Å². The van der Waals surface area contributed by atoms with Crippen LogP contribution in [0, 0.1) is 5.92 Å². The van der Waals surface area contributed by atoms with Crippen LogP contribution in [0.25, 0.3) is 0 Å². The van der Waals surface area contributed by atoms with Gasteiger partial charge in [0.2, 0.25) is 0 Å². The van der Waals surface area contributed by atoms with E-state index < -0.39 is 18.9 Å². The molecule has 1 aliphatic carbocycles. The van der Waals surface area contributed by atoms with Gasteiger partial charge in [-0.2, -0.15) is 13.2 Å². The summed E-state index contributed by atoms with van der Waals surface area (Å²) >= 11 is 0. The van der Waals surface area contributed by atoms with Gasteiger partial charge in [0.25, 0.3) is 0 Å². The summed E-state index contributed by atoms with van der Waals surface area (Å²) in [5, 5.41) is 9.33. The molecule has 0 aromatic carbocycles. The van der Waals surface area contributed by atoms with Crippen molar-refractivity contribution in [3.8, 4) is 0 Å². The minimum Gasteiger partial charge on any atom is -0.393 e. The SMILES string of the molecule is OC(CCOCC(F)(F)F)CC1CC1. The van der Waals surface area contributed by atoms with Crippen molar-refractivity contribution in [1.29, 1.82) is 0 Å². The molecule has 1 unspecified atom stereocenters. The molecule has 1 N–H and O–H groups in total. The molecule has 0 bridgehead atoms. The summed E-state index contributed by atoms with van der Waals surface area (Å²) in [5.74, 6) is 0.590. The predicted molar refractivity (Wildman–Crippen MR) is 44.8 cm³/mol. The van der Waals surface area contributed by atoms with Crippen LogP contribution >= 0.6 is 0 Å². The fraction of sp³-hybridized carbons (Fsp3) is 1.00. The molecule has 5 heteroatoms. The zero-order valence-corrected chi connectivity index (χ0v) is 7.89. The molecule has 1 saturated carbocycles. The van der Waals surface area contributed by atoms with Crippen LogP contribution in [0.1, 0.15) is 25.7 Å². The first-order valence-electron chi connectivity index (χ1n) is 4.80. The van der Waals surface area contributed by atoms with Crippen molar-refractivity contribution in [2.45, 2.75) is 38.0 Å². The van der Waals surface area contributed by atoms with Gasteiger partial charge in [0.15, 0.2) is 0 Å². The van der Waals surface area contributed by atoms with Crippen molar-refractivity contribution in [3.05, 3.63) is 0 Å². The van der Waals surface area contributed by atoms with Crippen molar-refractivity contribution < 1.29 is 23.0 Å². The Morgan fingerprint density at radius 2 is 2.00 bits per heavy atom. The van der Waals surface area contributed by atoms with E-state index in [-0.39, 0.29) is 6.61 Å². The number of ether oxygens (including phenoxy) is 1. The number of hydrogen-bond donors (Lipinski definition) is 1. The fourth-order valence-corrected chi connectivity index (χ4v) is 1.26. The largest absolute Gasteiger partial charge is 0.411 e. The third-order valence-electron chi connectivity index (χ3n) is 2.16. The summed E-state index contributed by atoms with van der Waals surface area (Å²) in [6.45, 7) is -1.24. The molecule has 0 radical (unpaired) electrons. The van der Waals surface area contributed by atoms with E-state index in [1.807, 2.05) is 0 Å². The highest BCUT2D eigenvalue weighted by Gasteiger charge is 2.28. The molecule has 0 heterocycles. The number of halogens is 3. The van der Waals surface area contributed by atoms with Gasteiger partial charge < -0.3 is 9.84 Å². The average Bonchev–Trinajstić information content (AvgIpc) is 2.80. The van der Waals surface area contributed by atoms with Gasteiger partial charge in [-0.15, -0.1) is 0 Å². The molecule has 2 nitrogen and oxygen atoms in total. The smallest absolute Gasteiger partial charge is 0.393 e.